The van der Waals surface area contributed by atoms with Crippen LogP contribution in [0.1, 0.15) is 31.1 Å². The topological polar surface area (TPSA) is 32.3 Å². The van der Waals surface area contributed by atoms with Crippen LogP contribution in [0.25, 0.3) is 0 Å². The largest absolute Gasteiger partial charge is 0.388 e. The monoisotopic (exact) mass is 205 g/mol. The van der Waals surface area contributed by atoms with Crippen LogP contribution in [0.2, 0.25) is 0 Å². The Morgan fingerprint density at radius 2 is 2.00 bits per heavy atom. The van der Waals surface area contributed by atoms with Crippen molar-refractivity contribution in [2.45, 2.75) is 32.4 Å². The van der Waals surface area contributed by atoms with Crippen molar-refractivity contribution in [2.24, 2.45) is 5.41 Å². The van der Waals surface area contributed by atoms with Gasteiger partial charge in [0.25, 0.3) is 0 Å². The zero-order valence-corrected chi connectivity index (χ0v) is 9.62. The molecule has 0 bridgehead atoms. The van der Waals surface area contributed by atoms with Gasteiger partial charge in [-0.25, -0.2) is 0 Å². The van der Waals surface area contributed by atoms with Gasteiger partial charge in [-0.05, 0) is 24.6 Å². The Balaban J connectivity index is 2.46. The van der Waals surface area contributed by atoms with Gasteiger partial charge in [0.05, 0.1) is 6.10 Å². The Kier molecular flexibility index (Phi) is 2.57. The van der Waals surface area contributed by atoms with E-state index < -0.39 is 0 Å². The van der Waals surface area contributed by atoms with Gasteiger partial charge in [-0.1, -0.05) is 38.1 Å². The fourth-order valence-corrected chi connectivity index (χ4v) is 2.54. The first kappa shape index (κ1) is 10.7. The molecule has 2 unspecified atom stereocenters. The van der Waals surface area contributed by atoms with Crippen molar-refractivity contribution in [3.05, 3.63) is 35.4 Å². The van der Waals surface area contributed by atoms with E-state index in [-0.39, 0.29) is 11.5 Å². The number of rotatable bonds is 1. The van der Waals surface area contributed by atoms with E-state index in [9.17, 15) is 5.11 Å². The first-order valence-electron chi connectivity index (χ1n) is 5.50. The SMILES string of the molecule is CNC1Cc2ccccc2C(O)C1(C)C. The van der Waals surface area contributed by atoms with E-state index in [4.69, 9.17) is 0 Å². The van der Waals surface area contributed by atoms with Crippen LogP contribution in [0, 0.1) is 5.41 Å². The van der Waals surface area contributed by atoms with E-state index in [0.29, 0.717) is 6.04 Å². The summed E-state index contributed by atoms with van der Waals surface area (Å²) in [6.07, 6.45) is 0.622. The van der Waals surface area contributed by atoms with Gasteiger partial charge in [0.1, 0.15) is 0 Å². The Morgan fingerprint density at radius 1 is 1.33 bits per heavy atom. The van der Waals surface area contributed by atoms with Crippen LogP contribution < -0.4 is 5.32 Å². The number of likely N-dealkylation sites (N-methyl/N-ethyl adjacent to an activating group) is 1. The van der Waals surface area contributed by atoms with Crippen molar-refractivity contribution in [3.63, 3.8) is 0 Å². The average molecular weight is 205 g/mol. The normalized spacial score (nSPS) is 28.5. The zero-order chi connectivity index (χ0) is 11.1. The van der Waals surface area contributed by atoms with Gasteiger partial charge in [0.2, 0.25) is 0 Å². The molecule has 0 aromatic heterocycles. The molecule has 2 nitrogen and oxygen atoms in total. The molecule has 2 atom stereocenters. The third kappa shape index (κ3) is 1.58. The molecule has 0 fully saturated rings. The third-order valence-electron chi connectivity index (χ3n) is 3.73. The van der Waals surface area contributed by atoms with E-state index in [1.807, 2.05) is 25.2 Å². The van der Waals surface area contributed by atoms with Crippen molar-refractivity contribution >= 4 is 0 Å². The first-order valence-corrected chi connectivity index (χ1v) is 5.50. The molecule has 2 N–H and O–H groups in total. The molecule has 15 heavy (non-hydrogen) atoms. The lowest BCUT2D eigenvalue weighted by Gasteiger charge is -2.43. The second-order valence-corrected chi connectivity index (χ2v) is 4.97. The lowest BCUT2D eigenvalue weighted by atomic mass is 9.68. The molecule has 0 saturated carbocycles. The Labute approximate surface area is 91.3 Å². The van der Waals surface area contributed by atoms with Crippen LogP contribution in [-0.4, -0.2) is 18.2 Å². The fraction of sp³-hybridized carbons (Fsp3) is 0.538. The van der Waals surface area contributed by atoms with E-state index in [0.717, 1.165) is 12.0 Å². The van der Waals surface area contributed by atoms with Crippen molar-refractivity contribution in [2.75, 3.05) is 7.05 Å². The number of aliphatic hydroxyl groups is 1. The van der Waals surface area contributed by atoms with Gasteiger partial charge in [0, 0.05) is 11.5 Å². The summed E-state index contributed by atoms with van der Waals surface area (Å²) in [5.74, 6) is 0. The second kappa shape index (κ2) is 3.62. The maximum Gasteiger partial charge on any atom is 0.0858 e. The molecule has 1 aliphatic carbocycles. The van der Waals surface area contributed by atoms with Crippen molar-refractivity contribution in [1.29, 1.82) is 0 Å². The summed E-state index contributed by atoms with van der Waals surface area (Å²) in [5.41, 5.74) is 2.25. The molecule has 1 aromatic carbocycles. The number of fused-ring (bicyclic) bond motifs is 1. The van der Waals surface area contributed by atoms with Crippen LogP contribution in [0.3, 0.4) is 0 Å². The number of hydrogen-bond donors (Lipinski definition) is 2. The number of hydrogen-bond acceptors (Lipinski definition) is 2. The van der Waals surface area contributed by atoms with E-state index in [2.05, 4.69) is 25.2 Å². The smallest absolute Gasteiger partial charge is 0.0858 e. The van der Waals surface area contributed by atoms with Crippen molar-refractivity contribution < 1.29 is 5.11 Å². The minimum atomic E-state index is -0.375. The van der Waals surface area contributed by atoms with Crippen LogP contribution in [0.4, 0.5) is 0 Å². The molecule has 0 aliphatic heterocycles. The third-order valence-corrected chi connectivity index (χ3v) is 3.73. The van der Waals surface area contributed by atoms with E-state index in [1.54, 1.807) is 0 Å². The van der Waals surface area contributed by atoms with Gasteiger partial charge in [-0.3, -0.25) is 0 Å². The predicted molar refractivity (Wildman–Crippen MR) is 61.7 cm³/mol. The molecule has 82 valence electrons. The minimum absolute atomic E-state index is 0.108. The highest BCUT2D eigenvalue weighted by Crippen LogP contribution is 2.43. The Hall–Kier alpha value is -0.860. The van der Waals surface area contributed by atoms with Crippen molar-refractivity contribution in [3.8, 4) is 0 Å². The molecular formula is C13H19NO. The van der Waals surface area contributed by atoms with Crippen LogP contribution in [0.5, 0.6) is 0 Å². The standard InChI is InChI=1S/C13H19NO/c1-13(2)11(14-3)8-9-6-4-5-7-10(9)12(13)15/h4-7,11-12,14-15H,8H2,1-3H3. The summed E-state index contributed by atoms with van der Waals surface area (Å²) in [6.45, 7) is 4.24. The van der Waals surface area contributed by atoms with Gasteiger partial charge >= 0.3 is 0 Å². The number of aliphatic hydroxyl groups excluding tert-OH is 1. The molecular weight excluding hydrogens is 186 g/mol. The van der Waals surface area contributed by atoms with Crippen molar-refractivity contribution in [1.82, 2.24) is 5.32 Å². The Morgan fingerprint density at radius 3 is 2.67 bits per heavy atom. The lowest BCUT2D eigenvalue weighted by molar-refractivity contribution is 0.0117. The molecule has 0 amide bonds. The molecule has 2 rings (SSSR count). The summed E-state index contributed by atoms with van der Waals surface area (Å²) in [5, 5.41) is 13.7. The fourth-order valence-electron chi connectivity index (χ4n) is 2.54. The van der Waals surface area contributed by atoms with Crippen LogP contribution >= 0.6 is 0 Å². The number of nitrogens with one attached hydrogen (secondary N) is 1. The summed E-state index contributed by atoms with van der Waals surface area (Å²) < 4.78 is 0. The second-order valence-electron chi connectivity index (χ2n) is 4.97. The molecule has 0 heterocycles. The van der Waals surface area contributed by atoms with Crippen LogP contribution in [-0.2, 0) is 6.42 Å². The van der Waals surface area contributed by atoms with Crippen LogP contribution in [0.15, 0.2) is 24.3 Å². The van der Waals surface area contributed by atoms with Gasteiger partial charge in [0.15, 0.2) is 0 Å². The molecule has 0 saturated heterocycles. The zero-order valence-electron chi connectivity index (χ0n) is 9.62. The summed E-state index contributed by atoms with van der Waals surface area (Å²) in [4.78, 5) is 0. The summed E-state index contributed by atoms with van der Waals surface area (Å²) in [7, 11) is 1.97. The molecule has 2 heteroatoms. The average Bonchev–Trinajstić information content (AvgIpc) is 2.23. The summed E-state index contributed by atoms with van der Waals surface area (Å²) >= 11 is 0. The number of benzene rings is 1. The Bertz CT molecular complexity index is 359. The maximum atomic E-state index is 10.4. The molecule has 1 aliphatic rings. The highest BCUT2D eigenvalue weighted by molar-refractivity contribution is 5.34. The van der Waals surface area contributed by atoms with Gasteiger partial charge < -0.3 is 10.4 Å². The highest BCUT2D eigenvalue weighted by atomic mass is 16.3. The first-order chi connectivity index (χ1) is 7.07. The van der Waals surface area contributed by atoms with E-state index >= 15 is 0 Å². The predicted octanol–water partition coefficient (Wildman–Crippen LogP) is 1.89. The summed E-state index contributed by atoms with van der Waals surface area (Å²) in [6, 6.07) is 8.52. The molecule has 0 radical (unpaired) electrons. The van der Waals surface area contributed by atoms with E-state index in [1.165, 1.54) is 5.56 Å². The maximum absolute atomic E-state index is 10.4. The lowest BCUT2D eigenvalue weighted by Crippen LogP contribution is -2.48. The van der Waals surface area contributed by atoms with Gasteiger partial charge in [-0.2, -0.15) is 0 Å². The molecule has 1 aromatic rings. The highest BCUT2D eigenvalue weighted by Gasteiger charge is 2.41. The minimum Gasteiger partial charge on any atom is -0.388 e. The van der Waals surface area contributed by atoms with Gasteiger partial charge in [-0.15, -0.1) is 0 Å². The quantitative estimate of drug-likeness (QED) is 0.734. The molecule has 0 spiro atoms.